The zero-order valence-electron chi connectivity index (χ0n) is 72.7. The molecule has 3 aromatic rings. The molecule has 7 N–H and O–H groups in total. The first kappa shape index (κ1) is 96.8. The first-order valence-electron chi connectivity index (χ1n) is 40.9. The normalized spacial score (nSPS) is 23.1. The van der Waals surface area contributed by atoms with Crippen molar-refractivity contribution in [2.24, 2.45) is 41.4 Å². The zero-order chi connectivity index (χ0) is 87.0. The van der Waals surface area contributed by atoms with Crippen LogP contribution >= 0.6 is 0 Å². The summed E-state index contributed by atoms with van der Waals surface area (Å²) in [5.41, 5.74) is 5.53. The first-order chi connectivity index (χ1) is 54.5. The quantitative estimate of drug-likeness (QED) is 0.0434. The molecule has 0 bridgehead atoms. The van der Waals surface area contributed by atoms with Crippen molar-refractivity contribution < 1.29 is 76.9 Å². The molecule has 3 aromatic carbocycles. The number of carbonyl (C=O) groups is 13. The van der Waals surface area contributed by atoms with E-state index in [1.54, 1.807) is 78.0 Å². The number of nitrogens with one attached hydrogen (secondary N) is 6. The maximum absolute atomic E-state index is 15.6. The predicted molar refractivity (Wildman–Crippen MR) is 445 cm³/mol. The smallest absolute Gasteiger partial charge is 0.407 e. The van der Waals surface area contributed by atoms with Crippen molar-refractivity contribution >= 4 is 83.1 Å². The molecule has 13 amide bonds. The Hall–Kier alpha value is -9.77. The van der Waals surface area contributed by atoms with Crippen molar-refractivity contribution in [3.05, 3.63) is 101 Å². The molecule has 12 atom stereocenters. The number of alkyl carbamates (subject to hydrolysis) is 1. The Kier molecular flexibility index (Phi) is 37.6. The van der Waals surface area contributed by atoms with E-state index in [2.05, 4.69) is 44.0 Å². The Labute approximate surface area is 687 Å². The van der Waals surface area contributed by atoms with Gasteiger partial charge in [0.2, 0.25) is 65.0 Å². The van der Waals surface area contributed by atoms with E-state index < -0.39 is 162 Å². The highest BCUT2D eigenvalue weighted by Crippen LogP contribution is 2.44. The first-order valence-corrected chi connectivity index (χ1v) is 40.9. The Morgan fingerprint density at radius 2 is 0.966 bits per heavy atom. The average Bonchev–Trinajstić information content (AvgIpc) is 1.58. The van der Waals surface area contributed by atoms with Crippen molar-refractivity contribution in [3.63, 3.8) is 0 Å². The minimum Gasteiger partial charge on any atom is -0.449 e. The lowest BCUT2D eigenvalue weighted by atomic mass is 9.91. The third-order valence-corrected chi connectivity index (χ3v) is 21.7. The van der Waals surface area contributed by atoms with Crippen LogP contribution in [0.5, 0.6) is 0 Å². The molecule has 1 saturated heterocycles. The maximum Gasteiger partial charge on any atom is 0.407 e. The average molecular weight is 1620 g/mol. The van der Waals surface area contributed by atoms with Crippen molar-refractivity contribution in [2.75, 3.05) is 88.8 Å². The number of allylic oxidation sites excluding steroid dienone is 1. The summed E-state index contributed by atoms with van der Waals surface area (Å²) in [5.74, 6) is -11.0. The highest BCUT2D eigenvalue weighted by Gasteiger charge is 2.46. The SMILES string of the molecule is CC[C@@H]1NC(=O)[C@H]([C@H](O)C(C)C/C=C/c2ccc(C(=O)NCCOCCNC(=O)OCC3c4ccccc4-c4ccccc43)cc2)N(C)C(=O)[C@H](C(C)C)N(C)C(=O)[C@H](CC(C)C)N(C)C(=O)[C@H](CC(C)C)N(C)C(=O)[C@@H](C)NC(=O)[C@H](C)NC(=O)[C@H](CC(C)C)N(C)C(=O)[C@H](C(C)C)NC(=O)C(CC(C)C)N(C)C(=O)CN(C)C1=O. The monoisotopic (exact) mass is 1620 g/mol. The molecule has 0 spiro atoms. The predicted octanol–water partition coefficient (Wildman–Crippen LogP) is 6.69. The highest BCUT2D eigenvalue weighted by atomic mass is 16.5. The molecule has 642 valence electrons. The summed E-state index contributed by atoms with van der Waals surface area (Å²) in [7, 11) is 9.80. The molecule has 0 aromatic heterocycles. The number of hydrogen-bond acceptors (Lipinski definition) is 16. The molecule has 116 heavy (non-hydrogen) atoms. The van der Waals surface area contributed by atoms with Crippen molar-refractivity contribution in [1.29, 1.82) is 0 Å². The lowest BCUT2D eigenvalue weighted by Gasteiger charge is -2.41. The number of hydrogen-bond donors (Lipinski definition) is 7. The number of ether oxygens (including phenoxy) is 2. The Balaban J connectivity index is 1.43. The van der Waals surface area contributed by atoms with Gasteiger partial charge in [-0.1, -0.05) is 170 Å². The number of aliphatic hydroxyl groups is 1. The van der Waals surface area contributed by atoms with Gasteiger partial charge in [0.25, 0.3) is 5.91 Å². The fourth-order valence-electron chi connectivity index (χ4n) is 14.8. The topological polar surface area (TPSA) is 355 Å². The van der Waals surface area contributed by atoms with E-state index in [0.29, 0.717) is 11.1 Å². The summed E-state index contributed by atoms with van der Waals surface area (Å²) in [4.78, 5) is 197. The minimum absolute atomic E-state index is 0.0406. The van der Waals surface area contributed by atoms with Gasteiger partial charge in [0, 0.05) is 73.9 Å². The van der Waals surface area contributed by atoms with Crippen molar-refractivity contribution in [2.45, 2.75) is 222 Å². The largest absolute Gasteiger partial charge is 0.449 e. The van der Waals surface area contributed by atoms with Gasteiger partial charge in [-0.2, -0.15) is 0 Å². The number of benzene rings is 3. The van der Waals surface area contributed by atoms with Gasteiger partial charge >= 0.3 is 6.09 Å². The molecule has 0 saturated carbocycles. The zero-order valence-corrected chi connectivity index (χ0v) is 72.7. The molecule has 2 unspecified atom stereocenters. The highest BCUT2D eigenvalue weighted by molar-refractivity contribution is 6.00. The minimum atomic E-state index is -1.74. The lowest BCUT2D eigenvalue weighted by Crippen LogP contribution is -2.63. The summed E-state index contributed by atoms with van der Waals surface area (Å²) < 4.78 is 11.3. The van der Waals surface area contributed by atoms with Crippen LogP contribution in [-0.2, 0) is 62.2 Å². The van der Waals surface area contributed by atoms with E-state index in [4.69, 9.17) is 9.47 Å². The van der Waals surface area contributed by atoms with Gasteiger partial charge in [-0.3, -0.25) is 57.5 Å². The Morgan fingerprint density at radius 3 is 1.48 bits per heavy atom. The fraction of sp³-hybridized carbons (Fsp3) is 0.621. The van der Waals surface area contributed by atoms with Gasteiger partial charge in [-0.15, -0.1) is 0 Å². The van der Waals surface area contributed by atoms with Crippen LogP contribution in [0.25, 0.3) is 17.2 Å². The van der Waals surface area contributed by atoms with Crippen LogP contribution in [-0.4, -0.2) is 272 Å². The van der Waals surface area contributed by atoms with E-state index in [-0.39, 0.29) is 107 Å². The van der Waals surface area contributed by atoms with Gasteiger partial charge < -0.3 is 80.8 Å². The number of aliphatic hydroxyl groups excluding tert-OH is 1. The van der Waals surface area contributed by atoms with Crippen LogP contribution in [0.3, 0.4) is 0 Å². The molecule has 0 radical (unpaired) electrons. The second kappa shape index (κ2) is 45.1. The van der Waals surface area contributed by atoms with E-state index in [1.165, 1.54) is 87.7 Å². The summed E-state index contributed by atoms with van der Waals surface area (Å²) in [6.45, 7) is 28.2. The van der Waals surface area contributed by atoms with Gasteiger partial charge in [-0.05, 0) is 134 Å². The number of carbonyl (C=O) groups excluding carboxylic acids is 13. The molecule has 5 rings (SSSR count). The molecule has 1 fully saturated rings. The van der Waals surface area contributed by atoms with E-state index in [1.807, 2.05) is 91.8 Å². The number of rotatable bonds is 25. The molecule has 29 nitrogen and oxygen atoms in total. The van der Waals surface area contributed by atoms with Crippen LogP contribution in [0.1, 0.15) is 182 Å². The van der Waals surface area contributed by atoms with E-state index in [0.717, 1.165) is 32.1 Å². The number of nitrogens with zero attached hydrogens (tertiary/aromatic N) is 7. The van der Waals surface area contributed by atoms with Crippen LogP contribution in [0.15, 0.2) is 78.9 Å². The summed E-state index contributed by atoms with van der Waals surface area (Å²) >= 11 is 0. The van der Waals surface area contributed by atoms with Crippen LogP contribution in [0, 0.1) is 41.4 Å². The summed E-state index contributed by atoms with van der Waals surface area (Å²) in [5, 5.41) is 29.2. The molecule has 29 heteroatoms. The molecule has 1 aliphatic heterocycles. The third-order valence-electron chi connectivity index (χ3n) is 21.7. The Morgan fingerprint density at radius 1 is 0.500 bits per heavy atom. The molecular weight excluding hydrogens is 1480 g/mol. The Bertz CT molecular complexity index is 3860. The number of fused-ring (bicyclic) bond motifs is 3. The van der Waals surface area contributed by atoms with Gasteiger partial charge in [-0.25, -0.2) is 4.79 Å². The van der Waals surface area contributed by atoms with Gasteiger partial charge in [0.15, 0.2) is 0 Å². The van der Waals surface area contributed by atoms with Crippen LogP contribution < -0.4 is 31.9 Å². The lowest BCUT2D eigenvalue weighted by molar-refractivity contribution is -0.157. The maximum atomic E-state index is 15.6. The number of likely N-dealkylation sites (N-methyl/N-ethyl adjacent to an activating group) is 7. The standard InChI is InChI=1S/C87H133N13O16/c1-24-66-82(109)94(17)48-71(101)95(18)67(44-50(2)3)79(106)93-72(54(10)11)85(112)96(19)68(45-51(4)5)78(105)90-57(15)76(103)91-58(16)81(108)97(20)69(46-52(6)7)83(110)98(21)70(47-53(8)9)84(111)99(22)73(55(12)13)86(113)100(23)74(80(107)92-66)75(102)56(14)30-29-31-59-36-38-60(39-37-59)77(104)88-40-42-115-43-41-89-87(114)116-49-65-63-34-27-25-32-61(63)62-33-26-28-35-64(62)65/h25-29,31-39,50-58,65-70,72-75,102H,24,30,40-49H2,1-23H3,(H,88,104)(H,89,114)(H,90,105)(H,91,103)(H,92,107)(H,93,106)/b31-29+/t56?,57-,58+,66-,67?,68-,69-,70-,72-,73-,74-,75+/m0/s1. The number of amides is 13. The van der Waals surface area contributed by atoms with Crippen LogP contribution in [0.2, 0.25) is 0 Å². The summed E-state index contributed by atoms with van der Waals surface area (Å²) in [6.07, 6.45) is 1.86. The summed E-state index contributed by atoms with van der Waals surface area (Å²) in [6, 6.07) is 9.97. The third kappa shape index (κ3) is 26.4. The molecule has 2 aliphatic rings. The van der Waals surface area contributed by atoms with Crippen molar-refractivity contribution in [1.82, 2.24) is 66.2 Å². The molecule has 1 aliphatic carbocycles. The second-order valence-electron chi connectivity index (χ2n) is 33.7. The van der Waals surface area contributed by atoms with Gasteiger partial charge in [0.05, 0.1) is 25.9 Å². The van der Waals surface area contributed by atoms with E-state index >= 15 is 19.2 Å². The van der Waals surface area contributed by atoms with Crippen LogP contribution in [0.4, 0.5) is 4.79 Å². The molecular formula is C87H133N13O16. The molecule has 1 heterocycles. The van der Waals surface area contributed by atoms with E-state index in [9.17, 15) is 48.3 Å². The fourth-order valence-corrected chi connectivity index (χ4v) is 14.8. The van der Waals surface area contributed by atoms with Gasteiger partial charge in [0.1, 0.15) is 67.0 Å². The second-order valence-corrected chi connectivity index (χ2v) is 33.7. The van der Waals surface area contributed by atoms with Crippen molar-refractivity contribution in [3.8, 4) is 11.1 Å².